The molecule has 2 aromatic rings. The number of carbonyl (C=O) groups is 2. The van der Waals surface area contributed by atoms with Gasteiger partial charge >= 0.3 is 5.97 Å². The van der Waals surface area contributed by atoms with E-state index in [2.05, 4.69) is 26.9 Å². The van der Waals surface area contributed by atoms with Gasteiger partial charge < -0.3 is 19.7 Å². The number of ether oxygens (including phenoxy) is 1. The van der Waals surface area contributed by atoms with Gasteiger partial charge in [0.15, 0.2) is 11.7 Å². The van der Waals surface area contributed by atoms with Crippen molar-refractivity contribution in [3.8, 4) is 0 Å². The van der Waals surface area contributed by atoms with Crippen LogP contribution in [-0.2, 0) is 9.53 Å². The molecule has 2 saturated heterocycles. The summed E-state index contributed by atoms with van der Waals surface area (Å²) in [6, 6.07) is 7.10. The van der Waals surface area contributed by atoms with Gasteiger partial charge in [-0.15, -0.1) is 0 Å². The standard InChI is InChI=1S/C29H40N4O5/c1-29-15-14-20(33(29)19-10-6-4-3-5-7-11-19)16-21(17-29)32-24-13-9-8-12-22(24)30-25(27(32)36)26(35)31-23(18-34)28(37)38-2/h8-9,12-13,19-21,23,34H,3-7,10-11,14-18H2,1-2H3,(H,31,35)/t20-,21+,23+,29+/m1/s1. The maximum Gasteiger partial charge on any atom is 0.330 e. The van der Waals surface area contributed by atoms with Gasteiger partial charge in [0.25, 0.3) is 11.5 Å². The van der Waals surface area contributed by atoms with E-state index in [1.54, 1.807) is 10.6 Å². The van der Waals surface area contributed by atoms with Crippen molar-refractivity contribution < 1.29 is 19.4 Å². The van der Waals surface area contributed by atoms with Crippen LogP contribution in [0.5, 0.6) is 0 Å². The summed E-state index contributed by atoms with van der Waals surface area (Å²) >= 11 is 0. The SMILES string of the molecule is COC(=O)[C@H](CO)NC(=O)c1nc2ccccc2n([C@H]2C[C@H]3CC[C@@](C)(C2)N3C2CCCCCCC2)c1=O. The molecule has 3 fully saturated rings. The van der Waals surface area contributed by atoms with Crippen molar-refractivity contribution in [2.45, 2.75) is 107 Å². The Morgan fingerprint density at radius 1 is 1.11 bits per heavy atom. The van der Waals surface area contributed by atoms with Gasteiger partial charge in [-0.1, -0.05) is 44.2 Å². The molecule has 2 aliphatic heterocycles. The predicted octanol–water partition coefficient (Wildman–Crippen LogP) is 3.33. The number of nitrogens with one attached hydrogen (secondary N) is 1. The van der Waals surface area contributed by atoms with Gasteiger partial charge in [-0.3, -0.25) is 14.5 Å². The fraction of sp³-hybridized carbons (Fsp3) is 0.655. The molecule has 4 atom stereocenters. The summed E-state index contributed by atoms with van der Waals surface area (Å²) in [5, 5.41) is 12.0. The minimum Gasteiger partial charge on any atom is -0.467 e. The van der Waals surface area contributed by atoms with Gasteiger partial charge in [-0.05, 0) is 57.6 Å². The van der Waals surface area contributed by atoms with Crippen molar-refractivity contribution >= 4 is 22.9 Å². The third-order valence-electron chi connectivity index (χ3n) is 9.07. The molecule has 38 heavy (non-hydrogen) atoms. The number of para-hydroxylation sites is 2. The summed E-state index contributed by atoms with van der Waals surface area (Å²) in [6.07, 6.45) is 13.0. The van der Waals surface area contributed by atoms with E-state index in [9.17, 15) is 19.5 Å². The van der Waals surface area contributed by atoms with E-state index in [-0.39, 0.29) is 17.3 Å². The molecule has 2 N–H and O–H groups in total. The molecule has 1 aromatic heterocycles. The number of aliphatic hydroxyl groups is 1. The Kier molecular flexibility index (Phi) is 7.86. The number of nitrogens with zero attached hydrogens (tertiary/aromatic N) is 3. The topological polar surface area (TPSA) is 114 Å². The number of rotatable bonds is 6. The lowest BCUT2D eigenvalue weighted by Gasteiger charge is -2.50. The van der Waals surface area contributed by atoms with Crippen LogP contribution < -0.4 is 10.9 Å². The third kappa shape index (κ3) is 4.98. The first-order valence-corrected chi connectivity index (χ1v) is 14.2. The third-order valence-corrected chi connectivity index (χ3v) is 9.07. The maximum absolute atomic E-state index is 13.9. The summed E-state index contributed by atoms with van der Waals surface area (Å²) in [4.78, 5) is 46.2. The fourth-order valence-electron chi connectivity index (χ4n) is 7.39. The molecular formula is C29H40N4O5. The molecule has 1 saturated carbocycles. The Morgan fingerprint density at radius 3 is 2.50 bits per heavy atom. The number of methoxy groups -OCH3 is 1. The molecule has 0 radical (unpaired) electrons. The number of amides is 1. The minimum absolute atomic E-state index is 0.0105. The zero-order valence-corrected chi connectivity index (χ0v) is 22.5. The first-order chi connectivity index (χ1) is 18.4. The van der Waals surface area contributed by atoms with Crippen LogP contribution in [0.1, 0.15) is 94.1 Å². The van der Waals surface area contributed by atoms with Crippen molar-refractivity contribution in [3.05, 3.63) is 40.3 Å². The molecule has 3 aliphatic rings. The van der Waals surface area contributed by atoms with E-state index in [4.69, 9.17) is 0 Å². The summed E-state index contributed by atoms with van der Waals surface area (Å²) in [5.41, 5.74) is 0.543. The van der Waals surface area contributed by atoms with E-state index in [1.807, 2.05) is 18.2 Å². The lowest BCUT2D eigenvalue weighted by atomic mass is 9.83. The number of benzene rings is 1. The summed E-state index contributed by atoms with van der Waals surface area (Å²) in [7, 11) is 1.18. The summed E-state index contributed by atoms with van der Waals surface area (Å²) in [5.74, 6) is -1.58. The highest BCUT2D eigenvalue weighted by Gasteiger charge is 2.51. The first kappa shape index (κ1) is 26.8. The molecule has 3 heterocycles. The normalized spacial score (nSPS) is 27.4. The van der Waals surface area contributed by atoms with Crippen LogP contribution in [0.2, 0.25) is 0 Å². The highest BCUT2D eigenvalue weighted by molar-refractivity contribution is 5.96. The Balaban J connectivity index is 1.49. The quantitative estimate of drug-likeness (QED) is 0.557. The molecule has 0 unspecified atom stereocenters. The lowest BCUT2D eigenvalue weighted by Crippen LogP contribution is -2.56. The largest absolute Gasteiger partial charge is 0.467 e. The average molecular weight is 525 g/mol. The molecule has 9 nitrogen and oxygen atoms in total. The van der Waals surface area contributed by atoms with Gasteiger partial charge in [-0.25, -0.2) is 9.78 Å². The van der Waals surface area contributed by atoms with Crippen molar-refractivity contribution in [1.29, 1.82) is 0 Å². The van der Waals surface area contributed by atoms with Crippen molar-refractivity contribution in [2.24, 2.45) is 0 Å². The van der Waals surface area contributed by atoms with Crippen molar-refractivity contribution in [3.63, 3.8) is 0 Å². The Labute approximate surface area is 223 Å². The fourth-order valence-corrected chi connectivity index (χ4v) is 7.39. The Morgan fingerprint density at radius 2 is 1.82 bits per heavy atom. The second kappa shape index (κ2) is 11.1. The van der Waals surface area contributed by atoms with Crippen molar-refractivity contribution in [1.82, 2.24) is 19.8 Å². The molecular weight excluding hydrogens is 484 g/mol. The second-order valence-electron chi connectivity index (χ2n) is 11.5. The highest BCUT2D eigenvalue weighted by atomic mass is 16.5. The van der Waals surface area contributed by atoms with E-state index in [0.29, 0.717) is 23.1 Å². The van der Waals surface area contributed by atoms with Gasteiger partial charge in [0.1, 0.15) is 0 Å². The molecule has 9 heteroatoms. The van der Waals surface area contributed by atoms with Gasteiger partial charge in [0.05, 0.1) is 24.8 Å². The minimum atomic E-state index is -1.27. The van der Waals surface area contributed by atoms with Crippen LogP contribution in [0.4, 0.5) is 0 Å². The Bertz CT molecular complexity index is 1240. The smallest absolute Gasteiger partial charge is 0.330 e. The maximum atomic E-state index is 13.9. The molecule has 2 bridgehead atoms. The second-order valence-corrected chi connectivity index (χ2v) is 11.5. The number of aromatic nitrogens is 2. The average Bonchev–Trinajstić information content (AvgIpc) is 3.10. The predicted molar refractivity (Wildman–Crippen MR) is 144 cm³/mol. The molecule has 1 amide bonds. The molecule has 1 aromatic carbocycles. The van der Waals surface area contributed by atoms with Crippen LogP contribution in [0, 0.1) is 0 Å². The van der Waals surface area contributed by atoms with Gasteiger partial charge in [0, 0.05) is 23.7 Å². The van der Waals surface area contributed by atoms with E-state index in [1.165, 1.54) is 52.1 Å². The summed E-state index contributed by atoms with van der Waals surface area (Å²) in [6.45, 7) is 1.72. The van der Waals surface area contributed by atoms with Crippen LogP contribution in [0.25, 0.3) is 11.0 Å². The molecule has 0 spiro atoms. The number of hydrogen-bond acceptors (Lipinski definition) is 7. The van der Waals surface area contributed by atoms with E-state index >= 15 is 0 Å². The van der Waals surface area contributed by atoms with Crippen molar-refractivity contribution in [2.75, 3.05) is 13.7 Å². The Hall–Kier alpha value is -2.78. The van der Waals surface area contributed by atoms with E-state index < -0.39 is 30.1 Å². The van der Waals surface area contributed by atoms with Crippen LogP contribution in [0.15, 0.2) is 29.1 Å². The molecule has 5 rings (SSSR count). The number of aliphatic hydroxyl groups excluding tert-OH is 1. The number of piperidine rings is 1. The first-order valence-electron chi connectivity index (χ1n) is 14.2. The van der Waals surface area contributed by atoms with Gasteiger partial charge in [0.2, 0.25) is 0 Å². The zero-order valence-electron chi connectivity index (χ0n) is 22.5. The van der Waals surface area contributed by atoms with E-state index in [0.717, 1.165) is 25.7 Å². The van der Waals surface area contributed by atoms with Gasteiger partial charge in [-0.2, -0.15) is 0 Å². The molecule has 1 aliphatic carbocycles. The van der Waals surface area contributed by atoms with Crippen LogP contribution >= 0.6 is 0 Å². The number of hydrogen-bond donors (Lipinski definition) is 2. The van der Waals surface area contributed by atoms with Crippen LogP contribution in [0.3, 0.4) is 0 Å². The highest BCUT2D eigenvalue weighted by Crippen LogP contribution is 2.50. The summed E-state index contributed by atoms with van der Waals surface area (Å²) < 4.78 is 6.43. The number of carbonyl (C=O) groups excluding carboxylic acids is 2. The lowest BCUT2D eigenvalue weighted by molar-refractivity contribution is -0.143. The number of esters is 1. The molecule has 206 valence electrons. The van der Waals surface area contributed by atoms with Crippen LogP contribution in [-0.4, -0.2) is 68.8 Å². The number of fused-ring (bicyclic) bond motifs is 3. The zero-order chi connectivity index (χ0) is 26.9. The monoisotopic (exact) mass is 524 g/mol.